The predicted octanol–water partition coefficient (Wildman–Crippen LogP) is 7.45. The van der Waals surface area contributed by atoms with Crippen LogP contribution in [-0.2, 0) is 38.8 Å². The van der Waals surface area contributed by atoms with E-state index in [4.69, 9.17) is 9.47 Å². The number of rotatable bonds is 8. The fraction of sp³-hybridized carbons (Fsp3) is 0.375. The Kier molecular flexibility index (Phi) is 9.46. The summed E-state index contributed by atoms with van der Waals surface area (Å²) in [6.07, 6.45) is -12.4. The number of ether oxygens (including phenoxy) is 2. The molecule has 0 aromatic heterocycles. The molecule has 0 saturated carbocycles. The van der Waals surface area contributed by atoms with Crippen LogP contribution >= 0.6 is 0 Å². The van der Waals surface area contributed by atoms with Crippen LogP contribution in [-0.4, -0.2) is 40.6 Å². The van der Waals surface area contributed by atoms with Crippen LogP contribution in [0.25, 0.3) is 0 Å². The summed E-state index contributed by atoms with van der Waals surface area (Å²) in [5.74, 6) is -0.585. The van der Waals surface area contributed by atoms with Crippen molar-refractivity contribution in [2.45, 2.75) is 62.9 Å². The fourth-order valence-electron chi connectivity index (χ4n) is 5.22. The topological polar surface area (TPSA) is 76.1 Å². The van der Waals surface area contributed by atoms with E-state index in [1.807, 2.05) is 0 Å². The minimum Gasteiger partial charge on any atom is -0.445 e. The van der Waals surface area contributed by atoms with Gasteiger partial charge in [0.15, 0.2) is 5.78 Å². The van der Waals surface area contributed by atoms with Crippen molar-refractivity contribution < 1.29 is 50.5 Å². The number of likely N-dealkylation sites (tertiary alicyclic amines) is 1. The first-order valence-corrected chi connectivity index (χ1v) is 13.7. The van der Waals surface area contributed by atoms with Crippen molar-refractivity contribution in [2.24, 2.45) is 0 Å². The van der Waals surface area contributed by atoms with Gasteiger partial charge < -0.3 is 14.6 Å². The van der Waals surface area contributed by atoms with Crippen molar-refractivity contribution in [3.05, 3.63) is 107 Å². The zero-order valence-corrected chi connectivity index (χ0v) is 23.9. The molecule has 6 nitrogen and oxygen atoms in total. The number of hydrogen-bond acceptors (Lipinski definition) is 5. The van der Waals surface area contributed by atoms with Crippen LogP contribution in [0.4, 0.5) is 31.1 Å². The van der Waals surface area contributed by atoms with Gasteiger partial charge in [-0.05, 0) is 61.6 Å². The lowest BCUT2D eigenvalue weighted by Gasteiger charge is -2.51. The fourth-order valence-corrected chi connectivity index (χ4v) is 5.22. The molecule has 3 atom stereocenters. The zero-order chi connectivity index (χ0) is 32.3. The van der Waals surface area contributed by atoms with Crippen LogP contribution in [0.3, 0.4) is 0 Å². The maximum Gasteiger partial charge on any atom is 0.416 e. The summed E-state index contributed by atoms with van der Waals surface area (Å²) in [6.45, 7) is 1.48. The molecule has 0 radical (unpaired) electrons. The Balaban J connectivity index is 1.72. The highest BCUT2D eigenvalue weighted by atomic mass is 19.4. The molecule has 1 amide bonds. The van der Waals surface area contributed by atoms with Gasteiger partial charge in [-0.3, -0.25) is 9.69 Å². The van der Waals surface area contributed by atoms with Gasteiger partial charge in [0, 0.05) is 0 Å². The maximum atomic E-state index is 13.7. The van der Waals surface area contributed by atoms with E-state index in [2.05, 4.69) is 0 Å². The van der Waals surface area contributed by atoms with Crippen molar-refractivity contribution in [3.8, 4) is 0 Å². The number of Topliss-reactive ketones (excluding diaryl/α,β-unsaturated/α-hetero) is 1. The Morgan fingerprint density at radius 3 is 1.95 bits per heavy atom. The molecule has 1 aliphatic rings. The monoisotopic (exact) mass is 623 g/mol. The van der Waals surface area contributed by atoms with Crippen molar-refractivity contribution >= 4 is 11.9 Å². The quantitative estimate of drug-likeness (QED) is 0.264. The molecular formula is C32H31F6NO5. The lowest BCUT2D eigenvalue weighted by Crippen LogP contribution is -2.64. The summed E-state index contributed by atoms with van der Waals surface area (Å²) in [5, 5.41) is 11.1. The van der Waals surface area contributed by atoms with E-state index in [1.165, 1.54) is 13.8 Å². The molecule has 1 heterocycles. The molecule has 4 rings (SSSR count). The lowest BCUT2D eigenvalue weighted by atomic mass is 9.75. The number of halogens is 6. The molecule has 3 unspecified atom stereocenters. The summed E-state index contributed by atoms with van der Waals surface area (Å²) in [4.78, 5) is 27.3. The second-order valence-electron chi connectivity index (χ2n) is 10.9. The van der Waals surface area contributed by atoms with E-state index in [9.17, 15) is 41.0 Å². The summed E-state index contributed by atoms with van der Waals surface area (Å²) in [6, 6.07) is 18.4. The second-order valence-corrected chi connectivity index (χ2v) is 10.9. The average Bonchev–Trinajstić information content (AvgIpc) is 2.99. The second kappa shape index (κ2) is 12.6. The molecule has 1 aliphatic heterocycles. The molecule has 236 valence electrons. The summed E-state index contributed by atoms with van der Waals surface area (Å²) in [7, 11) is 0. The number of nitrogens with zero attached hydrogens (tertiary/aromatic N) is 1. The Labute approximate surface area is 250 Å². The van der Waals surface area contributed by atoms with E-state index in [-0.39, 0.29) is 31.1 Å². The number of benzene rings is 3. The van der Waals surface area contributed by atoms with Gasteiger partial charge in [-0.15, -0.1) is 0 Å². The number of amides is 1. The highest BCUT2D eigenvalue weighted by Crippen LogP contribution is 2.44. The van der Waals surface area contributed by atoms with Gasteiger partial charge in [-0.2, -0.15) is 26.3 Å². The number of β-amino-alcohol motifs (C(OH)–C–C–N with tert-alkyl or cyclic N) is 1. The van der Waals surface area contributed by atoms with Crippen LogP contribution in [0.15, 0.2) is 78.9 Å². The SMILES string of the molecule is CC(=O)C1(O)CCC(COC(C)c2cc(C(F)(F)F)cc(C(F)(F)F)c2)(c2ccccc2)N(C(=O)OCc2ccccc2)C1. The molecule has 1 N–H and O–H groups in total. The van der Waals surface area contributed by atoms with Gasteiger partial charge in [-0.25, -0.2) is 4.79 Å². The first kappa shape index (κ1) is 33.0. The Morgan fingerprint density at radius 2 is 1.43 bits per heavy atom. The number of carbonyl (C=O) groups is 2. The molecular weight excluding hydrogens is 592 g/mol. The van der Waals surface area contributed by atoms with Crippen LogP contribution in [0.1, 0.15) is 60.6 Å². The summed E-state index contributed by atoms with van der Waals surface area (Å²) in [5.41, 5.74) is -5.48. The number of hydrogen-bond donors (Lipinski definition) is 1. The molecule has 0 aliphatic carbocycles. The Hall–Kier alpha value is -3.90. The van der Waals surface area contributed by atoms with Crippen molar-refractivity contribution in [1.29, 1.82) is 0 Å². The Morgan fingerprint density at radius 1 is 0.886 bits per heavy atom. The Bertz CT molecular complexity index is 1430. The van der Waals surface area contributed by atoms with Gasteiger partial charge in [0.2, 0.25) is 0 Å². The molecule has 0 bridgehead atoms. The van der Waals surface area contributed by atoms with Gasteiger partial charge in [-0.1, -0.05) is 60.7 Å². The zero-order valence-electron chi connectivity index (χ0n) is 23.9. The van der Waals surface area contributed by atoms with Gasteiger partial charge in [0.25, 0.3) is 0 Å². The smallest absolute Gasteiger partial charge is 0.416 e. The van der Waals surface area contributed by atoms with E-state index in [0.29, 0.717) is 23.3 Å². The van der Waals surface area contributed by atoms with Gasteiger partial charge >= 0.3 is 18.4 Å². The maximum absolute atomic E-state index is 13.7. The van der Waals surface area contributed by atoms with Gasteiger partial charge in [0.05, 0.1) is 35.9 Å². The minimum atomic E-state index is -5.04. The number of ketones is 1. The highest BCUT2D eigenvalue weighted by molar-refractivity contribution is 5.86. The molecule has 12 heteroatoms. The molecule has 0 spiro atoms. The summed E-state index contributed by atoms with van der Waals surface area (Å²) >= 11 is 0. The third-order valence-electron chi connectivity index (χ3n) is 7.93. The normalized spacial score (nSPS) is 21.5. The number of carbonyl (C=O) groups excluding carboxylic acids is 2. The first-order valence-electron chi connectivity index (χ1n) is 13.7. The minimum absolute atomic E-state index is 0.0311. The van der Waals surface area contributed by atoms with Gasteiger partial charge in [0.1, 0.15) is 12.2 Å². The van der Waals surface area contributed by atoms with Crippen LogP contribution in [0, 0.1) is 0 Å². The van der Waals surface area contributed by atoms with Crippen molar-refractivity contribution in [3.63, 3.8) is 0 Å². The van der Waals surface area contributed by atoms with E-state index in [1.54, 1.807) is 60.7 Å². The third kappa shape index (κ3) is 7.24. The predicted molar refractivity (Wildman–Crippen MR) is 147 cm³/mol. The standard InChI is InChI=1S/C32H31F6NO5/c1-21(24-15-26(31(33,34)35)17-27(16-24)32(36,37)38)44-20-29(25-11-7-4-8-12-25)13-14-30(42,22(2)40)19-39(29)28(41)43-18-23-9-5-3-6-10-23/h3-12,15-17,21,42H,13-14,18-20H2,1-2H3. The van der Waals surface area contributed by atoms with Crippen LogP contribution in [0.2, 0.25) is 0 Å². The lowest BCUT2D eigenvalue weighted by molar-refractivity contribution is -0.152. The van der Waals surface area contributed by atoms with E-state index >= 15 is 0 Å². The molecule has 3 aromatic rings. The van der Waals surface area contributed by atoms with E-state index in [0.717, 1.165) is 4.90 Å². The number of aliphatic hydroxyl groups is 1. The average molecular weight is 624 g/mol. The van der Waals surface area contributed by atoms with Crippen LogP contribution in [0.5, 0.6) is 0 Å². The molecule has 1 saturated heterocycles. The third-order valence-corrected chi connectivity index (χ3v) is 7.93. The van der Waals surface area contributed by atoms with Crippen molar-refractivity contribution in [2.75, 3.05) is 13.2 Å². The molecule has 44 heavy (non-hydrogen) atoms. The largest absolute Gasteiger partial charge is 0.445 e. The number of piperidine rings is 1. The highest BCUT2D eigenvalue weighted by Gasteiger charge is 2.53. The van der Waals surface area contributed by atoms with E-state index < -0.39 is 65.8 Å². The van der Waals surface area contributed by atoms with Crippen LogP contribution < -0.4 is 0 Å². The molecule has 1 fully saturated rings. The first-order chi connectivity index (χ1) is 20.5. The number of alkyl halides is 6. The molecule has 3 aromatic carbocycles. The summed E-state index contributed by atoms with van der Waals surface area (Å²) < 4.78 is 92.6. The van der Waals surface area contributed by atoms with Crippen molar-refractivity contribution in [1.82, 2.24) is 4.90 Å².